The summed E-state index contributed by atoms with van der Waals surface area (Å²) >= 11 is 0. The van der Waals surface area contributed by atoms with Gasteiger partial charge in [-0.3, -0.25) is 4.79 Å². The van der Waals surface area contributed by atoms with Gasteiger partial charge in [-0.25, -0.2) is 5.43 Å². The molecule has 3 unspecified atom stereocenters. The molecular formula is C23H23F3N2O4S. The van der Waals surface area contributed by atoms with Gasteiger partial charge >= 0.3 is 16.3 Å². The molecule has 2 fully saturated rings. The molecule has 0 aromatic heterocycles. The van der Waals surface area contributed by atoms with Crippen molar-refractivity contribution in [2.45, 2.75) is 43.2 Å². The standard InChI is InChI=1S/C23H23F3N2O4S/c24-23(25,26)19-7-9-20(10-8-19)33(30,31)32-21-4-2-1-3-17(21)14-27-28-22(29)13-18-12-15-5-6-16(18)11-15/h1-4,7-10,14-16,18H,5-6,11-13H2,(H,28,29). The second-order valence-corrected chi connectivity index (χ2v) is 10.1. The number of rotatable bonds is 7. The molecule has 10 heteroatoms. The molecule has 1 N–H and O–H groups in total. The maximum absolute atomic E-state index is 12.7. The summed E-state index contributed by atoms with van der Waals surface area (Å²) in [6.45, 7) is 0. The summed E-state index contributed by atoms with van der Waals surface area (Å²) in [4.78, 5) is 11.8. The Balaban J connectivity index is 1.40. The minimum absolute atomic E-state index is 0.0662. The van der Waals surface area contributed by atoms with Gasteiger partial charge in [-0.05, 0) is 73.4 Å². The molecule has 2 aromatic rings. The van der Waals surface area contributed by atoms with Crippen LogP contribution in [0.4, 0.5) is 13.2 Å². The van der Waals surface area contributed by atoms with Crippen LogP contribution in [-0.2, 0) is 21.1 Å². The predicted molar refractivity (Wildman–Crippen MR) is 115 cm³/mol. The van der Waals surface area contributed by atoms with E-state index in [0.29, 0.717) is 30.4 Å². The molecule has 33 heavy (non-hydrogen) atoms. The van der Waals surface area contributed by atoms with Crippen LogP contribution in [0.5, 0.6) is 5.75 Å². The van der Waals surface area contributed by atoms with Crippen molar-refractivity contribution in [2.24, 2.45) is 22.9 Å². The maximum atomic E-state index is 12.7. The third-order valence-corrected chi connectivity index (χ3v) is 7.56. The molecule has 0 radical (unpaired) electrons. The zero-order valence-electron chi connectivity index (χ0n) is 17.6. The largest absolute Gasteiger partial charge is 0.416 e. The van der Waals surface area contributed by atoms with E-state index >= 15 is 0 Å². The fraction of sp³-hybridized carbons (Fsp3) is 0.391. The molecule has 0 saturated heterocycles. The first-order chi connectivity index (χ1) is 15.6. The SMILES string of the molecule is O=C(CC1CC2CCC1C2)NN=Cc1ccccc1OS(=O)(=O)c1ccc(C(F)(F)F)cc1. The highest BCUT2D eigenvalue weighted by Crippen LogP contribution is 2.49. The molecule has 176 valence electrons. The molecule has 2 saturated carbocycles. The van der Waals surface area contributed by atoms with Crippen LogP contribution < -0.4 is 9.61 Å². The van der Waals surface area contributed by atoms with Crippen molar-refractivity contribution in [3.8, 4) is 5.75 Å². The minimum Gasteiger partial charge on any atom is -0.378 e. The first kappa shape index (κ1) is 23.3. The zero-order chi connectivity index (χ0) is 23.6. The summed E-state index contributed by atoms with van der Waals surface area (Å²) in [5, 5.41) is 3.92. The van der Waals surface area contributed by atoms with Crippen LogP contribution in [0.25, 0.3) is 0 Å². The van der Waals surface area contributed by atoms with Crippen molar-refractivity contribution < 1.29 is 30.6 Å². The van der Waals surface area contributed by atoms with Crippen LogP contribution in [0, 0.1) is 17.8 Å². The van der Waals surface area contributed by atoms with Crippen molar-refractivity contribution >= 4 is 22.2 Å². The van der Waals surface area contributed by atoms with E-state index in [1.54, 1.807) is 18.2 Å². The summed E-state index contributed by atoms with van der Waals surface area (Å²) in [5.74, 6) is 1.49. The zero-order valence-corrected chi connectivity index (χ0v) is 18.4. The fourth-order valence-corrected chi connectivity index (χ4v) is 5.68. The molecule has 3 atom stereocenters. The molecule has 2 aliphatic carbocycles. The van der Waals surface area contributed by atoms with Gasteiger partial charge in [0, 0.05) is 12.0 Å². The number of amides is 1. The van der Waals surface area contributed by atoms with Crippen LogP contribution in [-0.4, -0.2) is 20.5 Å². The second-order valence-electron chi connectivity index (χ2n) is 8.53. The number of halogens is 3. The molecule has 6 nitrogen and oxygen atoms in total. The maximum Gasteiger partial charge on any atom is 0.416 e. The third kappa shape index (κ3) is 5.55. The number of hydrazone groups is 1. The van der Waals surface area contributed by atoms with E-state index in [1.807, 2.05) is 0 Å². The van der Waals surface area contributed by atoms with Crippen molar-refractivity contribution in [1.29, 1.82) is 0 Å². The van der Waals surface area contributed by atoms with Gasteiger partial charge in [-0.15, -0.1) is 0 Å². The Labute approximate surface area is 190 Å². The van der Waals surface area contributed by atoms with Crippen molar-refractivity contribution in [3.63, 3.8) is 0 Å². The molecule has 2 aromatic carbocycles. The van der Waals surface area contributed by atoms with Gasteiger partial charge in [-0.1, -0.05) is 18.6 Å². The van der Waals surface area contributed by atoms with Gasteiger partial charge in [0.05, 0.1) is 11.8 Å². The summed E-state index contributed by atoms with van der Waals surface area (Å²) in [6.07, 6.45) is 1.85. The molecule has 0 spiro atoms. The highest BCUT2D eigenvalue weighted by molar-refractivity contribution is 7.87. The lowest BCUT2D eigenvalue weighted by atomic mass is 9.86. The Hall–Kier alpha value is -2.88. The van der Waals surface area contributed by atoms with Gasteiger partial charge in [0.25, 0.3) is 0 Å². The van der Waals surface area contributed by atoms with Crippen LogP contribution >= 0.6 is 0 Å². The van der Waals surface area contributed by atoms with Gasteiger partial charge < -0.3 is 4.18 Å². The van der Waals surface area contributed by atoms with Gasteiger partial charge in [0.1, 0.15) is 4.90 Å². The summed E-state index contributed by atoms with van der Waals surface area (Å²) in [7, 11) is -4.38. The summed E-state index contributed by atoms with van der Waals surface area (Å²) in [5.41, 5.74) is 1.80. The number of carbonyl (C=O) groups excluding carboxylic acids is 1. The molecule has 1 amide bonds. The number of hydrogen-bond acceptors (Lipinski definition) is 5. The predicted octanol–water partition coefficient (Wildman–Crippen LogP) is 4.75. The second kappa shape index (κ2) is 9.17. The molecular weight excluding hydrogens is 457 g/mol. The quantitative estimate of drug-likeness (QED) is 0.352. The van der Waals surface area contributed by atoms with E-state index in [2.05, 4.69) is 10.5 Å². The van der Waals surface area contributed by atoms with Crippen molar-refractivity contribution in [2.75, 3.05) is 0 Å². The monoisotopic (exact) mass is 480 g/mol. The van der Waals surface area contributed by atoms with Crippen LogP contribution in [0.3, 0.4) is 0 Å². The average Bonchev–Trinajstić information content (AvgIpc) is 3.37. The average molecular weight is 481 g/mol. The normalized spacial score (nSPS) is 22.6. The smallest absolute Gasteiger partial charge is 0.378 e. The van der Waals surface area contributed by atoms with Gasteiger partial charge in [0.2, 0.25) is 5.91 Å². The topological polar surface area (TPSA) is 84.8 Å². The Morgan fingerprint density at radius 2 is 1.82 bits per heavy atom. The first-order valence-corrected chi connectivity index (χ1v) is 12.1. The Bertz CT molecular complexity index is 1150. The van der Waals surface area contributed by atoms with E-state index < -0.39 is 26.8 Å². The summed E-state index contributed by atoms with van der Waals surface area (Å²) < 4.78 is 68.4. The lowest BCUT2D eigenvalue weighted by Crippen LogP contribution is -2.23. The van der Waals surface area contributed by atoms with E-state index in [9.17, 15) is 26.4 Å². The van der Waals surface area contributed by atoms with Crippen LogP contribution in [0.1, 0.15) is 43.2 Å². The van der Waals surface area contributed by atoms with Gasteiger partial charge in [0.15, 0.2) is 5.75 Å². The van der Waals surface area contributed by atoms with Gasteiger partial charge in [-0.2, -0.15) is 26.7 Å². The van der Waals surface area contributed by atoms with E-state index in [1.165, 1.54) is 31.5 Å². The Kier molecular flexibility index (Phi) is 6.47. The van der Waals surface area contributed by atoms with E-state index in [4.69, 9.17) is 4.18 Å². The number of benzene rings is 2. The fourth-order valence-electron chi connectivity index (χ4n) is 4.72. The third-order valence-electron chi connectivity index (χ3n) is 6.31. The molecule has 0 heterocycles. The van der Waals surface area contributed by atoms with Crippen molar-refractivity contribution in [1.82, 2.24) is 5.43 Å². The highest BCUT2D eigenvalue weighted by atomic mass is 32.2. The molecule has 2 aliphatic rings. The summed E-state index contributed by atoms with van der Waals surface area (Å²) in [6, 6.07) is 9.14. The highest BCUT2D eigenvalue weighted by Gasteiger charge is 2.40. The molecule has 0 aliphatic heterocycles. The lowest BCUT2D eigenvalue weighted by Gasteiger charge is -2.20. The lowest BCUT2D eigenvalue weighted by molar-refractivity contribution is -0.137. The van der Waals surface area contributed by atoms with E-state index in [0.717, 1.165) is 24.5 Å². The number of nitrogens with zero attached hydrogens (tertiary/aromatic N) is 1. The van der Waals surface area contributed by atoms with E-state index in [-0.39, 0.29) is 17.2 Å². The number of nitrogens with one attached hydrogen (secondary N) is 1. The molecule has 4 rings (SSSR count). The Morgan fingerprint density at radius 1 is 1.09 bits per heavy atom. The number of carbonyl (C=O) groups is 1. The minimum atomic E-state index is -4.58. The van der Waals surface area contributed by atoms with Crippen molar-refractivity contribution in [3.05, 3.63) is 59.7 Å². The number of fused-ring (bicyclic) bond motifs is 2. The number of hydrogen-bond donors (Lipinski definition) is 1. The molecule has 2 bridgehead atoms. The Morgan fingerprint density at radius 3 is 2.45 bits per heavy atom. The number of para-hydroxylation sites is 1. The first-order valence-electron chi connectivity index (χ1n) is 10.6. The number of alkyl halides is 3. The van der Waals surface area contributed by atoms with Crippen LogP contribution in [0.2, 0.25) is 0 Å². The van der Waals surface area contributed by atoms with Crippen LogP contribution in [0.15, 0.2) is 58.5 Å².